The molecule has 1 atom stereocenters. The van der Waals surface area contributed by atoms with E-state index in [1.165, 1.54) is 5.56 Å². The molecule has 1 aliphatic heterocycles. The van der Waals surface area contributed by atoms with E-state index in [9.17, 15) is 0 Å². The number of halogens is 1. The monoisotopic (exact) mass is 307 g/mol. The Morgan fingerprint density at radius 1 is 0.909 bits per heavy atom. The fraction of sp³-hybridized carbons (Fsp3) is 0.111. The van der Waals surface area contributed by atoms with Crippen LogP contribution < -0.4 is 5.32 Å². The zero-order valence-electron chi connectivity index (χ0n) is 11.8. The van der Waals surface area contributed by atoms with Crippen LogP contribution in [0.2, 0.25) is 5.15 Å². The Morgan fingerprint density at radius 2 is 1.59 bits per heavy atom. The average Bonchev–Trinajstić information content (AvgIpc) is 3.01. The first kappa shape index (κ1) is 13.3. The Hall–Kier alpha value is -2.39. The second-order valence-electron chi connectivity index (χ2n) is 5.34. The van der Waals surface area contributed by atoms with Gasteiger partial charge in [-0.15, -0.1) is 0 Å². The number of rotatable bonds is 2. The van der Waals surface area contributed by atoms with Gasteiger partial charge in [0.1, 0.15) is 0 Å². The predicted molar refractivity (Wildman–Crippen MR) is 89.0 cm³/mol. The van der Waals surface area contributed by atoms with Gasteiger partial charge in [0, 0.05) is 12.0 Å². The summed E-state index contributed by atoms with van der Waals surface area (Å²) in [6, 6.07) is 20.5. The lowest BCUT2D eigenvalue weighted by atomic mass is 10.1. The molecular formula is C18H14ClN3. The molecular weight excluding hydrogens is 294 g/mol. The number of hydrogen-bond donors (Lipinski definition) is 1. The van der Waals surface area contributed by atoms with Crippen molar-refractivity contribution >= 4 is 17.3 Å². The van der Waals surface area contributed by atoms with Crippen LogP contribution in [-0.4, -0.2) is 9.97 Å². The third-order valence-corrected chi connectivity index (χ3v) is 4.16. The van der Waals surface area contributed by atoms with Crippen molar-refractivity contribution in [2.24, 2.45) is 0 Å². The summed E-state index contributed by atoms with van der Waals surface area (Å²) in [5.41, 5.74) is 4.05. The molecule has 0 radical (unpaired) electrons. The Morgan fingerprint density at radius 3 is 2.32 bits per heavy atom. The van der Waals surface area contributed by atoms with Crippen LogP contribution in [0.25, 0.3) is 11.4 Å². The van der Waals surface area contributed by atoms with E-state index < -0.39 is 0 Å². The molecule has 4 rings (SSSR count). The summed E-state index contributed by atoms with van der Waals surface area (Å²) in [5.74, 6) is 0.680. The van der Waals surface area contributed by atoms with Crippen LogP contribution in [-0.2, 0) is 6.42 Å². The molecule has 4 heteroatoms. The molecule has 3 nitrogen and oxygen atoms in total. The highest BCUT2D eigenvalue weighted by Crippen LogP contribution is 2.38. The van der Waals surface area contributed by atoms with Crippen LogP contribution in [0.3, 0.4) is 0 Å². The van der Waals surface area contributed by atoms with Crippen LogP contribution >= 0.6 is 11.6 Å². The van der Waals surface area contributed by atoms with Gasteiger partial charge in [0.15, 0.2) is 11.0 Å². The molecule has 0 saturated carbocycles. The third kappa shape index (κ3) is 2.34. The highest BCUT2D eigenvalue weighted by molar-refractivity contribution is 6.32. The summed E-state index contributed by atoms with van der Waals surface area (Å²) in [6.45, 7) is 0. The van der Waals surface area contributed by atoms with Gasteiger partial charge in [0.25, 0.3) is 0 Å². The van der Waals surface area contributed by atoms with E-state index in [2.05, 4.69) is 22.4 Å². The second-order valence-corrected chi connectivity index (χ2v) is 5.70. The molecule has 0 saturated heterocycles. The van der Waals surface area contributed by atoms with E-state index >= 15 is 0 Å². The van der Waals surface area contributed by atoms with Gasteiger partial charge < -0.3 is 5.32 Å². The van der Waals surface area contributed by atoms with Crippen molar-refractivity contribution in [2.45, 2.75) is 12.5 Å². The number of nitrogens with one attached hydrogen (secondary N) is 1. The predicted octanol–water partition coefficient (Wildman–Crippen LogP) is 4.51. The molecule has 1 aromatic heterocycles. The molecule has 1 unspecified atom stereocenters. The second kappa shape index (κ2) is 5.43. The van der Waals surface area contributed by atoms with Crippen molar-refractivity contribution in [3.63, 3.8) is 0 Å². The fourth-order valence-corrected chi connectivity index (χ4v) is 3.03. The Balaban J connectivity index is 1.71. The van der Waals surface area contributed by atoms with Crippen molar-refractivity contribution in [1.82, 2.24) is 9.97 Å². The largest absolute Gasteiger partial charge is 0.374 e. The topological polar surface area (TPSA) is 37.8 Å². The summed E-state index contributed by atoms with van der Waals surface area (Å²) >= 11 is 6.36. The Bertz CT molecular complexity index is 803. The van der Waals surface area contributed by atoms with E-state index in [0.29, 0.717) is 11.0 Å². The lowest BCUT2D eigenvalue weighted by Crippen LogP contribution is -2.05. The summed E-state index contributed by atoms with van der Waals surface area (Å²) in [4.78, 5) is 9.14. The van der Waals surface area contributed by atoms with Gasteiger partial charge in [-0.25, -0.2) is 9.97 Å². The van der Waals surface area contributed by atoms with Crippen molar-refractivity contribution < 1.29 is 0 Å². The minimum atomic E-state index is 0.203. The summed E-state index contributed by atoms with van der Waals surface area (Å²) in [7, 11) is 0. The molecule has 108 valence electrons. The minimum Gasteiger partial charge on any atom is -0.374 e. The number of anilines is 1. The molecule has 2 heterocycles. The summed E-state index contributed by atoms with van der Waals surface area (Å²) in [5, 5.41) is 3.93. The van der Waals surface area contributed by atoms with Gasteiger partial charge in [-0.2, -0.15) is 0 Å². The number of aromatic nitrogens is 2. The normalized spacial score (nSPS) is 16.1. The maximum atomic E-state index is 6.36. The number of hydrogen-bond acceptors (Lipinski definition) is 3. The van der Waals surface area contributed by atoms with Gasteiger partial charge >= 0.3 is 0 Å². The van der Waals surface area contributed by atoms with Gasteiger partial charge in [0.05, 0.1) is 17.4 Å². The average molecular weight is 308 g/mol. The van der Waals surface area contributed by atoms with E-state index in [4.69, 9.17) is 16.6 Å². The maximum Gasteiger partial charge on any atom is 0.161 e. The minimum absolute atomic E-state index is 0.203. The number of benzene rings is 2. The highest BCUT2D eigenvalue weighted by Gasteiger charge is 2.26. The third-order valence-electron chi connectivity index (χ3n) is 3.89. The lowest BCUT2D eigenvalue weighted by molar-refractivity contribution is 0.810. The van der Waals surface area contributed by atoms with E-state index in [1.807, 2.05) is 48.5 Å². The molecule has 0 amide bonds. The van der Waals surface area contributed by atoms with E-state index in [0.717, 1.165) is 23.4 Å². The molecule has 1 aliphatic rings. The SMILES string of the molecule is Clc1nc(-c2ccccc2)nc2c1NC(c1ccccc1)C2. The molecule has 0 aliphatic carbocycles. The first-order valence-corrected chi connectivity index (χ1v) is 7.62. The highest BCUT2D eigenvalue weighted by atomic mass is 35.5. The van der Waals surface area contributed by atoms with Gasteiger partial charge in [-0.1, -0.05) is 72.3 Å². The zero-order chi connectivity index (χ0) is 14.9. The van der Waals surface area contributed by atoms with Gasteiger partial charge in [0.2, 0.25) is 0 Å². The van der Waals surface area contributed by atoms with Crippen LogP contribution in [0.4, 0.5) is 5.69 Å². The smallest absolute Gasteiger partial charge is 0.161 e. The van der Waals surface area contributed by atoms with Crippen molar-refractivity contribution in [3.05, 3.63) is 77.1 Å². The lowest BCUT2D eigenvalue weighted by Gasteiger charge is -2.11. The first-order valence-electron chi connectivity index (χ1n) is 7.24. The molecule has 2 aromatic carbocycles. The Labute approximate surface area is 134 Å². The molecule has 0 fully saturated rings. The Kier molecular flexibility index (Phi) is 3.28. The van der Waals surface area contributed by atoms with Crippen LogP contribution in [0.5, 0.6) is 0 Å². The summed E-state index contributed by atoms with van der Waals surface area (Å²) in [6.07, 6.45) is 0.821. The maximum absolute atomic E-state index is 6.36. The molecule has 3 aromatic rings. The quantitative estimate of drug-likeness (QED) is 0.708. The van der Waals surface area contributed by atoms with Crippen molar-refractivity contribution in [2.75, 3.05) is 5.32 Å². The fourth-order valence-electron chi connectivity index (χ4n) is 2.79. The molecule has 1 N–H and O–H groups in total. The van der Waals surface area contributed by atoms with Crippen LogP contribution in [0, 0.1) is 0 Å². The van der Waals surface area contributed by atoms with Crippen molar-refractivity contribution in [1.29, 1.82) is 0 Å². The van der Waals surface area contributed by atoms with E-state index in [1.54, 1.807) is 0 Å². The zero-order valence-corrected chi connectivity index (χ0v) is 12.6. The van der Waals surface area contributed by atoms with Gasteiger partial charge in [-0.05, 0) is 5.56 Å². The van der Waals surface area contributed by atoms with Crippen LogP contribution in [0.1, 0.15) is 17.3 Å². The van der Waals surface area contributed by atoms with Gasteiger partial charge in [-0.3, -0.25) is 0 Å². The van der Waals surface area contributed by atoms with E-state index in [-0.39, 0.29) is 6.04 Å². The number of nitrogens with zero attached hydrogens (tertiary/aromatic N) is 2. The van der Waals surface area contributed by atoms with Crippen LogP contribution in [0.15, 0.2) is 60.7 Å². The number of fused-ring (bicyclic) bond motifs is 1. The molecule has 0 spiro atoms. The molecule has 22 heavy (non-hydrogen) atoms. The summed E-state index contributed by atoms with van der Waals surface area (Å²) < 4.78 is 0. The first-order chi connectivity index (χ1) is 10.8. The van der Waals surface area contributed by atoms with Crippen molar-refractivity contribution in [3.8, 4) is 11.4 Å². The molecule has 0 bridgehead atoms. The standard InChI is InChI=1S/C18H14ClN3/c19-17-16-15(11-14(20-16)12-7-3-1-4-8-12)21-18(22-17)13-9-5-2-6-10-13/h1-10,14,20H,11H2.